The molecule has 20 heavy (non-hydrogen) atoms. The molecule has 0 aromatic heterocycles. The molecule has 0 spiro atoms. The molecule has 1 atom stereocenters. The molecule has 0 saturated heterocycles. The van der Waals surface area contributed by atoms with Gasteiger partial charge in [0.15, 0.2) is 0 Å². The molecule has 1 aromatic rings. The van der Waals surface area contributed by atoms with Crippen molar-refractivity contribution in [1.82, 2.24) is 5.32 Å². The highest BCUT2D eigenvalue weighted by Crippen LogP contribution is 2.25. The van der Waals surface area contributed by atoms with Crippen LogP contribution >= 0.6 is 23.2 Å². The summed E-state index contributed by atoms with van der Waals surface area (Å²) >= 11 is 11.7. The van der Waals surface area contributed by atoms with Crippen LogP contribution in [0.1, 0.15) is 27.7 Å². The van der Waals surface area contributed by atoms with Gasteiger partial charge in [-0.05, 0) is 25.1 Å². The Labute approximate surface area is 128 Å². The molecule has 2 N–H and O–H groups in total. The zero-order chi connectivity index (χ0) is 15.5. The second-order valence-corrected chi connectivity index (χ2v) is 6.38. The molecular formula is C14H18Cl2N2O2. The standard InChI is InChI=1S/C14H18Cl2N2O2/c1-8(17-13(20)14(2,3)4)12(19)18-9-5-6-10(15)11(16)7-9/h5-8H,1-4H3,(H,17,20)(H,18,19). The number of amides is 2. The van der Waals surface area contributed by atoms with E-state index in [1.54, 1.807) is 45.9 Å². The first-order chi connectivity index (χ1) is 9.11. The number of hydrogen-bond acceptors (Lipinski definition) is 2. The lowest BCUT2D eigenvalue weighted by Crippen LogP contribution is -2.46. The predicted molar refractivity (Wildman–Crippen MR) is 82.2 cm³/mol. The fraction of sp³-hybridized carbons (Fsp3) is 0.429. The highest BCUT2D eigenvalue weighted by atomic mass is 35.5. The monoisotopic (exact) mass is 316 g/mol. The molecule has 2 amide bonds. The summed E-state index contributed by atoms with van der Waals surface area (Å²) in [6, 6.07) is 4.15. The van der Waals surface area contributed by atoms with Crippen LogP contribution in [-0.2, 0) is 9.59 Å². The highest BCUT2D eigenvalue weighted by molar-refractivity contribution is 6.42. The Bertz CT molecular complexity index is 524. The van der Waals surface area contributed by atoms with Crippen LogP contribution in [-0.4, -0.2) is 17.9 Å². The summed E-state index contributed by atoms with van der Waals surface area (Å²) in [5.74, 6) is -0.504. The van der Waals surface area contributed by atoms with Crippen molar-refractivity contribution >= 4 is 40.7 Å². The zero-order valence-corrected chi connectivity index (χ0v) is 13.4. The van der Waals surface area contributed by atoms with Crippen LogP contribution in [0.15, 0.2) is 18.2 Å². The summed E-state index contributed by atoms with van der Waals surface area (Å²) < 4.78 is 0. The Morgan fingerprint density at radius 1 is 1.15 bits per heavy atom. The van der Waals surface area contributed by atoms with Crippen LogP contribution in [0, 0.1) is 5.41 Å². The Balaban J connectivity index is 2.66. The third-order valence-corrected chi connectivity index (χ3v) is 3.35. The van der Waals surface area contributed by atoms with Gasteiger partial charge in [-0.1, -0.05) is 44.0 Å². The number of carbonyl (C=O) groups is 2. The first-order valence-electron chi connectivity index (χ1n) is 6.18. The van der Waals surface area contributed by atoms with Gasteiger partial charge in [-0.3, -0.25) is 9.59 Å². The SMILES string of the molecule is CC(NC(=O)C(C)(C)C)C(=O)Nc1ccc(Cl)c(Cl)c1. The van der Waals surface area contributed by atoms with E-state index in [0.29, 0.717) is 15.7 Å². The maximum absolute atomic E-state index is 12.0. The number of halogens is 2. The fourth-order valence-electron chi connectivity index (χ4n) is 1.30. The van der Waals surface area contributed by atoms with Crippen molar-refractivity contribution in [3.05, 3.63) is 28.2 Å². The van der Waals surface area contributed by atoms with Gasteiger partial charge < -0.3 is 10.6 Å². The summed E-state index contributed by atoms with van der Waals surface area (Å²) in [6.45, 7) is 6.97. The van der Waals surface area contributed by atoms with Gasteiger partial charge in [-0.15, -0.1) is 0 Å². The number of carbonyl (C=O) groups excluding carboxylic acids is 2. The molecule has 0 fully saturated rings. The minimum Gasteiger partial charge on any atom is -0.344 e. The van der Waals surface area contributed by atoms with Crippen LogP contribution in [0.25, 0.3) is 0 Å². The van der Waals surface area contributed by atoms with E-state index in [2.05, 4.69) is 10.6 Å². The molecule has 1 aromatic carbocycles. The van der Waals surface area contributed by atoms with Crippen LogP contribution in [0.2, 0.25) is 10.0 Å². The smallest absolute Gasteiger partial charge is 0.246 e. The Morgan fingerprint density at radius 3 is 2.25 bits per heavy atom. The van der Waals surface area contributed by atoms with Gasteiger partial charge in [0.2, 0.25) is 11.8 Å². The third-order valence-electron chi connectivity index (χ3n) is 2.61. The average molecular weight is 317 g/mol. The first kappa shape index (κ1) is 16.8. The van der Waals surface area contributed by atoms with Crippen molar-refractivity contribution in [3.8, 4) is 0 Å². The number of hydrogen-bond donors (Lipinski definition) is 2. The van der Waals surface area contributed by atoms with E-state index in [9.17, 15) is 9.59 Å². The van der Waals surface area contributed by atoms with Crippen LogP contribution in [0.3, 0.4) is 0 Å². The third kappa shape index (κ3) is 4.69. The van der Waals surface area contributed by atoms with Gasteiger partial charge in [0, 0.05) is 11.1 Å². The van der Waals surface area contributed by atoms with E-state index in [4.69, 9.17) is 23.2 Å². The molecule has 0 saturated carbocycles. The molecule has 0 aliphatic heterocycles. The quantitative estimate of drug-likeness (QED) is 0.896. The molecule has 110 valence electrons. The van der Waals surface area contributed by atoms with E-state index in [0.717, 1.165) is 0 Å². The lowest BCUT2D eigenvalue weighted by Gasteiger charge is -2.21. The number of benzene rings is 1. The van der Waals surface area contributed by atoms with Crippen molar-refractivity contribution in [2.24, 2.45) is 5.41 Å². The summed E-state index contributed by atoms with van der Waals surface area (Å²) in [6.07, 6.45) is 0. The maximum atomic E-state index is 12.0. The molecule has 0 aliphatic rings. The van der Waals surface area contributed by atoms with E-state index < -0.39 is 11.5 Å². The molecule has 4 nitrogen and oxygen atoms in total. The van der Waals surface area contributed by atoms with E-state index in [1.165, 1.54) is 0 Å². The summed E-state index contributed by atoms with van der Waals surface area (Å²) in [5, 5.41) is 6.10. The minimum absolute atomic E-state index is 0.186. The van der Waals surface area contributed by atoms with Crippen LogP contribution in [0.5, 0.6) is 0 Å². The molecular weight excluding hydrogens is 299 g/mol. The fourth-order valence-corrected chi connectivity index (χ4v) is 1.60. The molecule has 0 radical (unpaired) electrons. The molecule has 0 aliphatic carbocycles. The Morgan fingerprint density at radius 2 is 1.75 bits per heavy atom. The second kappa shape index (κ2) is 6.46. The predicted octanol–water partition coefficient (Wildman–Crippen LogP) is 3.48. The molecule has 6 heteroatoms. The minimum atomic E-state index is -0.642. The van der Waals surface area contributed by atoms with Gasteiger partial charge in [0.25, 0.3) is 0 Å². The summed E-state index contributed by atoms with van der Waals surface area (Å²) in [7, 11) is 0. The van der Waals surface area contributed by atoms with E-state index in [1.807, 2.05) is 0 Å². The largest absolute Gasteiger partial charge is 0.344 e. The molecule has 1 rings (SSSR count). The summed E-state index contributed by atoms with van der Waals surface area (Å²) in [5.41, 5.74) is -0.0146. The van der Waals surface area contributed by atoms with Crippen LogP contribution < -0.4 is 10.6 Å². The number of anilines is 1. The van der Waals surface area contributed by atoms with Gasteiger partial charge in [-0.2, -0.15) is 0 Å². The van der Waals surface area contributed by atoms with Crippen molar-refractivity contribution in [2.45, 2.75) is 33.7 Å². The number of nitrogens with one attached hydrogen (secondary N) is 2. The second-order valence-electron chi connectivity index (χ2n) is 5.56. The summed E-state index contributed by atoms with van der Waals surface area (Å²) in [4.78, 5) is 23.8. The van der Waals surface area contributed by atoms with E-state index in [-0.39, 0.29) is 11.8 Å². The van der Waals surface area contributed by atoms with Gasteiger partial charge >= 0.3 is 0 Å². The van der Waals surface area contributed by atoms with Gasteiger partial charge in [0.1, 0.15) is 6.04 Å². The normalized spacial score (nSPS) is 12.7. The lowest BCUT2D eigenvalue weighted by atomic mass is 9.95. The maximum Gasteiger partial charge on any atom is 0.246 e. The van der Waals surface area contributed by atoms with Crippen molar-refractivity contribution in [1.29, 1.82) is 0 Å². The molecule has 0 bridgehead atoms. The Hall–Kier alpha value is -1.26. The Kier molecular flexibility index (Phi) is 5.42. The van der Waals surface area contributed by atoms with Gasteiger partial charge in [0.05, 0.1) is 10.0 Å². The van der Waals surface area contributed by atoms with Crippen molar-refractivity contribution < 1.29 is 9.59 Å². The molecule has 0 heterocycles. The van der Waals surface area contributed by atoms with Crippen LogP contribution in [0.4, 0.5) is 5.69 Å². The highest BCUT2D eigenvalue weighted by Gasteiger charge is 2.25. The average Bonchev–Trinajstić information content (AvgIpc) is 2.32. The van der Waals surface area contributed by atoms with Gasteiger partial charge in [-0.25, -0.2) is 0 Å². The lowest BCUT2D eigenvalue weighted by molar-refractivity contribution is -0.131. The van der Waals surface area contributed by atoms with E-state index >= 15 is 0 Å². The van der Waals surface area contributed by atoms with Crippen molar-refractivity contribution in [3.63, 3.8) is 0 Å². The first-order valence-corrected chi connectivity index (χ1v) is 6.93. The van der Waals surface area contributed by atoms with Crippen molar-refractivity contribution in [2.75, 3.05) is 5.32 Å². The topological polar surface area (TPSA) is 58.2 Å². The zero-order valence-electron chi connectivity index (χ0n) is 11.9. The number of rotatable bonds is 3. The molecule has 1 unspecified atom stereocenters.